The maximum absolute atomic E-state index is 11.4. The van der Waals surface area contributed by atoms with Crippen molar-refractivity contribution in [2.75, 3.05) is 20.3 Å². The molecule has 0 aromatic carbocycles. The number of amides is 1. The molecule has 0 saturated heterocycles. The molecule has 0 aliphatic carbocycles. The third-order valence-corrected chi connectivity index (χ3v) is 3.50. The SMILES string of the molecule is CCCCCC(O)/C=C/C=C/CCNC(=O)OCCCCC(=O)OC. The number of allylic oxidation sites excluding steroid dienone is 2. The van der Waals surface area contributed by atoms with Crippen molar-refractivity contribution in [1.82, 2.24) is 5.32 Å². The predicted molar refractivity (Wildman–Crippen MR) is 98.3 cm³/mol. The molecule has 1 amide bonds. The first-order valence-corrected chi connectivity index (χ1v) is 9.09. The van der Waals surface area contributed by atoms with Crippen LogP contribution in [0.4, 0.5) is 4.79 Å². The molecule has 0 spiro atoms. The van der Waals surface area contributed by atoms with Gasteiger partial charge in [0.2, 0.25) is 0 Å². The molecule has 1 atom stereocenters. The van der Waals surface area contributed by atoms with Gasteiger partial charge in [-0.1, -0.05) is 50.5 Å². The number of alkyl carbamates (subject to hydrolysis) is 1. The summed E-state index contributed by atoms with van der Waals surface area (Å²) < 4.78 is 9.51. The van der Waals surface area contributed by atoms with Gasteiger partial charge in [0, 0.05) is 13.0 Å². The number of nitrogens with one attached hydrogen (secondary N) is 1. The Balaban J connectivity index is 3.53. The largest absolute Gasteiger partial charge is 0.469 e. The summed E-state index contributed by atoms with van der Waals surface area (Å²) in [5.41, 5.74) is 0. The fourth-order valence-electron chi connectivity index (χ4n) is 2.01. The van der Waals surface area contributed by atoms with Gasteiger partial charge in [-0.2, -0.15) is 0 Å². The molecule has 144 valence electrons. The van der Waals surface area contributed by atoms with Gasteiger partial charge in [-0.15, -0.1) is 0 Å². The monoisotopic (exact) mass is 355 g/mol. The topological polar surface area (TPSA) is 84.9 Å². The number of esters is 1. The minimum Gasteiger partial charge on any atom is -0.469 e. The van der Waals surface area contributed by atoms with Crippen molar-refractivity contribution in [3.63, 3.8) is 0 Å². The van der Waals surface area contributed by atoms with Crippen LogP contribution >= 0.6 is 0 Å². The quantitative estimate of drug-likeness (QED) is 0.283. The smallest absolute Gasteiger partial charge is 0.407 e. The van der Waals surface area contributed by atoms with Crippen molar-refractivity contribution in [3.8, 4) is 0 Å². The summed E-state index contributed by atoms with van der Waals surface area (Å²) in [6.45, 7) is 2.92. The Morgan fingerprint density at radius 1 is 1.16 bits per heavy atom. The summed E-state index contributed by atoms with van der Waals surface area (Å²) in [5, 5.41) is 12.3. The van der Waals surface area contributed by atoms with Crippen LogP contribution in [0.25, 0.3) is 0 Å². The molecule has 0 aliphatic heterocycles. The molecule has 0 radical (unpaired) electrons. The first-order valence-electron chi connectivity index (χ1n) is 9.09. The van der Waals surface area contributed by atoms with Crippen molar-refractivity contribution >= 4 is 12.1 Å². The average Bonchev–Trinajstić information content (AvgIpc) is 2.60. The highest BCUT2D eigenvalue weighted by atomic mass is 16.5. The van der Waals surface area contributed by atoms with Crippen LogP contribution in [0, 0.1) is 0 Å². The number of aliphatic hydroxyl groups is 1. The molecule has 1 unspecified atom stereocenters. The van der Waals surface area contributed by atoms with E-state index in [1.54, 1.807) is 6.08 Å². The van der Waals surface area contributed by atoms with E-state index in [9.17, 15) is 14.7 Å². The van der Waals surface area contributed by atoms with Crippen LogP contribution in [0.3, 0.4) is 0 Å². The zero-order valence-electron chi connectivity index (χ0n) is 15.5. The molecule has 0 bridgehead atoms. The van der Waals surface area contributed by atoms with Gasteiger partial charge in [0.15, 0.2) is 0 Å². The third kappa shape index (κ3) is 16.8. The summed E-state index contributed by atoms with van der Waals surface area (Å²) in [4.78, 5) is 22.3. The van der Waals surface area contributed by atoms with E-state index in [-0.39, 0.29) is 18.7 Å². The number of rotatable bonds is 14. The Kier molecular flexibility index (Phi) is 15.8. The highest BCUT2D eigenvalue weighted by Crippen LogP contribution is 2.04. The molecule has 0 aromatic rings. The molecule has 25 heavy (non-hydrogen) atoms. The van der Waals surface area contributed by atoms with Crippen LogP contribution in [0.15, 0.2) is 24.3 Å². The van der Waals surface area contributed by atoms with E-state index in [0.717, 1.165) is 25.7 Å². The van der Waals surface area contributed by atoms with E-state index in [2.05, 4.69) is 17.0 Å². The fraction of sp³-hybridized carbons (Fsp3) is 0.684. The number of unbranched alkanes of at least 4 members (excludes halogenated alkanes) is 3. The van der Waals surface area contributed by atoms with Gasteiger partial charge < -0.3 is 19.9 Å². The second kappa shape index (κ2) is 17.0. The summed E-state index contributed by atoms with van der Waals surface area (Å²) in [6.07, 6.45) is 13.0. The van der Waals surface area contributed by atoms with Crippen LogP contribution in [-0.2, 0) is 14.3 Å². The minimum absolute atomic E-state index is 0.251. The second-order valence-corrected chi connectivity index (χ2v) is 5.76. The molecule has 0 fully saturated rings. The number of hydrogen-bond donors (Lipinski definition) is 2. The van der Waals surface area contributed by atoms with Crippen molar-refractivity contribution in [1.29, 1.82) is 0 Å². The highest BCUT2D eigenvalue weighted by Gasteiger charge is 2.02. The first kappa shape index (κ1) is 23.2. The van der Waals surface area contributed by atoms with Crippen molar-refractivity contribution in [2.24, 2.45) is 0 Å². The Labute approximate surface area is 151 Å². The highest BCUT2D eigenvalue weighted by molar-refractivity contribution is 5.69. The number of carbonyl (C=O) groups is 2. The second-order valence-electron chi connectivity index (χ2n) is 5.76. The van der Waals surface area contributed by atoms with Crippen molar-refractivity contribution in [2.45, 2.75) is 64.4 Å². The van der Waals surface area contributed by atoms with Gasteiger partial charge in [0.05, 0.1) is 19.8 Å². The molecule has 6 heteroatoms. The first-order chi connectivity index (χ1) is 12.1. The standard InChI is InChI=1S/C19H33NO5/c1-3-4-7-12-17(21)13-8-5-6-10-15-20-19(23)25-16-11-9-14-18(22)24-2/h5-6,8,13,17,21H,3-4,7,9-12,14-16H2,1-2H3,(H,20,23)/b6-5+,13-8+. The van der Waals surface area contributed by atoms with Gasteiger partial charge in [-0.25, -0.2) is 4.79 Å². The van der Waals surface area contributed by atoms with Gasteiger partial charge >= 0.3 is 12.1 Å². The van der Waals surface area contributed by atoms with E-state index >= 15 is 0 Å². The van der Waals surface area contributed by atoms with Crippen LogP contribution in [-0.4, -0.2) is 43.5 Å². The summed E-state index contributed by atoms with van der Waals surface area (Å²) in [7, 11) is 1.35. The number of carbonyl (C=O) groups excluding carboxylic acids is 2. The lowest BCUT2D eigenvalue weighted by Crippen LogP contribution is -2.25. The maximum Gasteiger partial charge on any atom is 0.407 e. The predicted octanol–water partition coefficient (Wildman–Crippen LogP) is 3.50. The van der Waals surface area contributed by atoms with Crippen LogP contribution in [0.1, 0.15) is 58.3 Å². The summed E-state index contributed by atoms with van der Waals surface area (Å²) in [6, 6.07) is 0. The van der Waals surface area contributed by atoms with Gasteiger partial charge in [0.1, 0.15) is 0 Å². The molecule has 0 heterocycles. The lowest BCUT2D eigenvalue weighted by atomic mass is 10.1. The van der Waals surface area contributed by atoms with Gasteiger partial charge in [-0.05, 0) is 25.7 Å². The molecular weight excluding hydrogens is 322 g/mol. The maximum atomic E-state index is 11.4. The molecule has 6 nitrogen and oxygen atoms in total. The molecule has 0 aliphatic rings. The lowest BCUT2D eigenvalue weighted by molar-refractivity contribution is -0.140. The minimum atomic E-state index is -0.451. The number of ether oxygens (including phenoxy) is 2. The third-order valence-electron chi connectivity index (χ3n) is 3.50. The Morgan fingerprint density at radius 2 is 1.96 bits per heavy atom. The number of hydrogen-bond acceptors (Lipinski definition) is 5. The van der Waals surface area contributed by atoms with E-state index in [0.29, 0.717) is 32.2 Å². The van der Waals surface area contributed by atoms with Crippen LogP contribution in [0.5, 0.6) is 0 Å². The van der Waals surface area contributed by atoms with Gasteiger partial charge in [0.25, 0.3) is 0 Å². The molecular formula is C19H33NO5. The average molecular weight is 355 g/mol. The zero-order valence-corrected chi connectivity index (χ0v) is 15.5. The van der Waals surface area contributed by atoms with E-state index < -0.39 is 6.09 Å². The fourth-order valence-corrected chi connectivity index (χ4v) is 2.01. The van der Waals surface area contributed by atoms with E-state index in [1.807, 2.05) is 18.2 Å². The molecule has 0 saturated carbocycles. The van der Waals surface area contributed by atoms with E-state index in [1.165, 1.54) is 7.11 Å². The molecule has 0 rings (SSSR count). The normalized spacial score (nSPS) is 12.4. The van der Waals surface area contributed by atoms with Crippen LogP contribution in [0.2, 0.25) is 0 Å². The van der Waals surface area contributed by atoms with E-state index in [4.69, 9.17) is 4.74 Å². The zero-order chi connectivity index (χ0) is 18.8. The Morgan fingerprint density at radius 3 is 2.68 bits per heavy atom. The number of methoxy groups -OCH3 is 1. The summed E-state index contributed by atoms with van der Waals surface area (Å²) in [5.74, 6) is -0.251. The molecule has 0 aromatic heterocycles. The number of aliphatic hydroxyl groups excluding tert-OH is 1. The lowest BCUT2D eigenvalue weighted by Gasteiger charge is -2.05. The Hall–Kier alpha value is -1.82. The summed E-state index contributed by atoms with van der Waals surface area (Å²) >= 11 is 0. The van der Waals surface area contributed by atoms with Gasteiger partial charge in [-0.3, -0.25) is 4.79 Å². The van der Waals surface area contributed by atoms with Crippen molar-refractivity contribution < 1.29 is 24.2 Å². The molecule has 2 N–H and O–H groups in total. The Bertz CT molecular complexity index is 407. The van der Waals surface area contributed by atoms with Crippen LogP contribution < -0.4 is 5.32 Å². The van der Waals surface area contributed by atoms with Crippen molar-refractivity contribution in [3.05, 3.63) is 24.3 Å².